The third-order valence-corrected chi connectivity index (χ3v) is 9.70. The second-order valence-corrected chi connectivity index (χ2v) is 14.3. The molecule has 5 rings (SSSR count). The van der Waals surface area contributed by atoms with Crippen molar-refractivity contribution in [3.63, 3.8) is 0 Å². The molecular weight excluding hydrogens is 635 g/mol. The molecule has 0 fully saturated rings. The van der Waals surface area contributed by atoms with Crippen LogP contribution in [0.15, 0.2) is 88.6 Å². The Morgan fingerprint density at radius 2 is 1.64 bits per heavy atom. The summed E-state index contributed by atoms with van der Waals surface area (Å²) >= 11 is 12.6. The van der Waals surface area contributed by atoms with E-state index in [1.54, 1.807) is 65.8 Å². The molecule has 0 aliphatic rings. The molecule has 0 bridgehead atoms. The quantitative estimate of drug-likeness (QED) is 0.214. The Hall–Kier alpha value is -4.32. The van der Waals surface area contributed by atoms with Gasteiger partial charge in [0.1, 0.15) is 11.5 Å². The number of nitrogens with one attached hydrogen (secondary N) is 1. The molecule has 5 aromatic rings. The first-order valence-electron chi connectivity index (χ1n) is 13.9. The summed E-state index contributed by atoms with van der Waals surface area (Å²) in [5.74, 6) is -0.254. The number of benzene rings is 3. The Morgan fingerprint density at radius 3 is 2.29 bits per heavy atom. The van der Waals surface area contributed by atoms with Gasteiger partial charge in [0.25, 0.3) is 21.5 Å². The number of aromatic nitrogens is 4. The van der Waals surface area contributed by atoms with Crippen LogP contribution in [-0.2, 0) is 22.6 Å². The lowest BCUT2D eigenvalue weighted by Gasteiger charge is -2.22. The molecule has 0 spiro atoms. The Bertz CT molecular complexity index is 2090. The largest absolute Gasteiger partial charge is 0.307 e. The van der Waals surface area contributed by atoms with Crippen molar-refractivity contribution < 1.29 is 13.2 Å². The molecule has 10 nitrogen and oxygen atoms in total. The van der Waals surface area contributed by atoms with E-state index in [1.807, 2.05) is 39.0 Å². The van der Waals surface area contributed by atoms with Crippen molar-refractivity contribution in [3.8, 4) is 16.9 Å². The minimum absolute atomic E-state index is 0.0232. The molecule has 234 valence electrons. The van der Waals surface area contributed by atoms with Crippen LogP contribution in [0.5, 0.6) is 0 Å². The molecule has 1 N–H and O–H groups in total. The van der Waals surface area contributed by atoms with Crippen molar-refractivity contribution >= 4 is 50.6 Å². The number of anilines is 2. The van der Waals surface area contributed by atoms with Gasteiger partial charge in [0.15, 0.2) is 0 Å². The van der Waals surface area contributed by atoms with E-state index in [0.717, 1.165) is 9.87 Å². The molecule has 2 heterocycles. The predicted molar refractivity (Wildman–Crippen MR) is 178 cm³/mol. The van der Waals surface area contributed by atoms with Crippen LogP contribution in [0.25, 0.3) is 16.9 Å². The lowest BCUT2D eigenvalue weighted by Crippen LogP contribution is -2.32. The van der Waals surface area contributed by atoms with Crippen LogP contribution < -0.4 is 15.2 Å². The van der Waals surface area contributed by atoms with E-state index in [4.69, 9.17) is 28.3 Å². The van der Waals surface area contributed by atoms with Gasteiger partial charge in [-0.15, -0.1) is 0 Å². The molecular formula is C32H32Cl2N6O4S. The fourth-order valence-electron chi connectivity index (χ4n) is 4.99. The summed E-state index contributed by atoms with van der Waals surface area (Å²) in [5, 5.41) is 8.14. The first-order chi connectivity index (χ1) is 21.1. The highest BCUT2D eigenvalue weighted by atomic mass is 35.5. The first-order valence-corrected chi connectivity index (χ1v) is 16.1. The molecule has 0 unspecified atom stereocenters. The molecule has 3 aromatic carbocycles. The molecule has 0 aliphatic carbocycles. The van der Waals surface area contributed by atoms with Gasteiger partial charge >= 0.3 is 0 Å². The number of carbonyl (C=O) groups is 1. The number of para-hydroxylation sites is 1. The zero-order chi connectivity index (χ0) is 32.8. The van der Waals surface area contributed by atoms with E-state index in [9.17, 15) is 18.0 Å². The zero-order valence-corrected chi connectivity index (χ0v) is 27.9. The van der Waals surface area contributed by atoms with Gasteiger partial charge in [-0.1, -0.05) is 53.5 Å². The second-order valence-electron chi connectivity index (χ2n) is 11.5. The molecule has 0 saturated carbocycles. The van der Waals surface area contributed by atoms with Crippen LogP contribution in [-0.4, -0.2) is 40.5 Å². The van der Waals surface area contributed by atoms with Gasteiger partial charge in [-0.3, -0.25) is 18.6 Å². The molecule has 0 radical (unpaired) electrons. The number of hydrogen-bond donors (Lipinski definition) is 1. The van der Waals surface area contributed by atoms with Crippen LogP contribution >= 0.6 is 23.2 Å². The maximum Gasteiger partial charge on any atom is 0.296 e. The number of rotatable bonds is 7. The fraction of sp³-hybridized carbons (Fsp3) is 0.219. The lowest BCUT2D eigenvalue weighted by molar-refractivity contribution is 0.102. The van der Waals surface area contributed by atoms with Crippen LogP contribution in [0, 0.1) is 6.92 Å². The maximum absolute atomic E-state index is 13.9. The summed E-state index contributed by atoms with van der Waals surface area (Å²) in [5.41, 5.74) is 1.26. The van der Waals surface area contributed by atoms with E-state index in [-0.39, 0.29) is 21.2 Å². The molecule has 13 heteroatoms. The van der Waals surface area contributed by atoms with Crippen molar-refractivity contribution in [1.29, 1.82) is 0 Å². The molecule has 0 aliphatic heterocycles. The van der Waals surface area contributed by atoms with Gasteiger partial charge in [0.2, 0.25) is 0 Å². The first kappa shape index (κ1) is 32.1. The van der Waals surface area contributed by atoms with E-state index < -0.39 is 27.0 Å². The minimum Gasteiger partial charge on any atom is -0.307 e. The van der Waals surface area contributed by atoms with Gasteiger partial charge in [0.05, 0.1) is 38.1 Å². The van der Waals surface area contributed by atoms with E-state index in [1.165, 1.54) is 29.9 Å². The van der Waals surface area contributed by atoms with Gasteiger partial charge in [0, 0.05) is 30.7 Å². The maximum atomic E-state index is 13.9. The second kappa shape index (κ2) is 11.9. The molecule has 0 atom stereocenters. The summed E-state index contributed by atoms with van der Waals surface area (Å²) < 4.78 is 33.3. The van der Waals surface area contributed by atoms with Crippen LogP contribution in [0.4, 0.5) is 11.5 Å². The number of carbonyl (C=O) groups excluding carboxylic acids is 1. The highest BCUT2D eigenvalue weighted by Crippen LogP contribution is 2.31. The third-order valence-electron chi connectivity index (χ3n) is 7.39. The van der Waals surface area contributed by atoms with Crippen molar-refractivity contribution in [1.82, 2.24) is 19.1 Å². The number of amides is 1. The van der Waals surface area contributed by atoms with Crippen LogP contribution in [0.3, 0.4) is 0 Å². The monoisotopic (exact) mass is 666 g/mol. The van der Waals surface area contributed by atoms with Gasteiger partial charge in [-0.25, -0.2) is 17.8 Å². The highest BCUT2D eigenvalue weighted by molar-refractivity contribution is 7.92. The molecule has 2 aromatic heterocycles. The summed E-state index contributed by atoms with van der Waals surface area (Å²) in [6, 6.07) is 21.7. The normalized spacial score (nSPS) is 11.9. The summed E-state index contributed by atoms with van der Waals surface area (Å²) in [7, 11) is -1.31. The van der Waals surface area contributed by atoms with Gasteiger partial charge < -0.3 is 5.32 Å². The average molecular weight is 668 g/mol. The van der Waals surface area contributed by atoms with Crippen molar-refractivity contribution in [2.24, 2.45) is 7.05 Å². The predicted octanol–water partition coefficient (Wildman–Crippen LogP) is 6.49. The molecule has 0 saturated heterocycles. The van der Waals surface area contributed by atoms with Crippen molar-refractivity contribution in [2.45, 2.75) is 38.1 Å². The van der Waals surface area contributed by atoms with Crippen LogP contribution in [0.1, 0.15) is 36.8 Å². The smallest absolute Gasteiger partial charge is 0.296 e. The van der Waals surface area contributed by atoms with Gasteiger partial charge in [-0.05, 0) is 70.2 Å². The van der Waals surface area contributed by atoms with Crippen molar-refractivity contribution in [2.75, 3.05) is 16.7 Å². The van der Waals surface area contributed by atoms with Gasteiger partial charge in [-0.2, -0.15) is 5.10 Å². The minimum atomic E-state index is -4.30. The Labute approximate surface area is 271 Å². The summed E-state index contributed by atoms with van der Waals surface area (Å²) in [6.45, 7) is 7.47. The molecule has 1 amide bonds. The zero-order valence-electron chi connectivity index (χ0n) is 25.5. The average Bonchev–Trinajstić information content (AvgIpc) is 3.51. The Kier molecular flexibility index (Phi) is 8.47. The third kappa shape index (κ3) is 6.03. The van der Waals surface area contributed by atoms with E-state index >= 15 is 0 Å². The number of hydrogen-bond acceptors (Lipinski definition) is 5. The Morgan fingerprint density at radius 1 is 0.956 bits per heavy atom. The summed E-state index contributed by atoms with van der Waals surface area (Å²) in [6.07, 6.45) is 0. The summed E-state index contributed by atoms with van der Waals surface area (Å²) in [4.78, 5) is 26.9. The van der Waals surface area contributed by atoms with Crippen molar-refractivity contribution in [3.05, 3.63) is 111 Å². The number of nitrogens with zero attached hydrogens (tertiary/aromatic N) is 5. The van der Waals surface area contributed by atoms with Crippen LogP contribution in [0.2, 0.25) is 10.0 Å². The van der Waals surface area contributed by atoms with E-state index in [0.29, 0.717) is 27.9 Å². The number of sulfonamides is 1. The topological polar surface area (TPSA) is 111 Å². The number of halogens is 2. The SMILES string of the molecule is Cc1c(N(C)S(=O)(=O)c2ccc(Cl)c(C(=O)Nc3cc(-c4cccc(Cl)c4)nn3C(C)(C)C)c2)c(=O)n(-c2ccccc2)n1C. The highest BCUT2D eigenvalue weighted by Gasteiger charge is 2.30. The standard InChI is InChI=1S/C32H32Cl2N6O4S/c1-20-29(31(42)39(37(20)5)23-13-8-7-9-14-23)38(6)45(43,44)24-15-16-26(34)25(18-24)30(41)35-28-19-27(36-40(28)32(2,3)4)21-11-10-12-22(33)17-21/h7-19H,1-6H3,(H,35,41). The fourth-order valence-corrected chi connectivity index (χ4v) is 6.66. The lowest BCUT2D eigenvalue weighted by atomic mass is 10.1. The molecule has 45 heavy (non-hydrogen) atoms. The Balaban J connectivity index is 1.51. The van der Waals surface area contributed by atoms with E-state index in [2.05, 4.69) is 5.32 Å².